The van der Waals surface area contributed by atoms with Crippen molar-refractivity contribution in [3.05, 3.63) is 24.2 Å². The molecule has 0 fully saturated rings. The van der Waals surface area contributed by atoms with E-state index in [1.54, 1.807) is 18.4 Å². The van der Waals surface area contributed by atoms with Crippen LogP contribution in [0.1, 0.15) is 5.76 Å². The summed E-state index contributed by atoms with van der Waals surface area (Å²) in [4.78, 5) is 0. The van der Waals surface area contributed by atoms with Crippen LogP contribution in [0.3, 0.4) is 0 Å². The second-order valence-electron chi connectivity index (χ2n) is 1.70. The van der Waals surface area contributed by atoms with Gasteiger partial charge in [-0.3, -0.25) is 0 Å². The Morgan fingerprint density at radius 1 is 1.73 bits per heavy atom. The van der Waals surface area contributed by atoms with Gasteiger partial charge >= 0.3 is 71.5 Å². The van der Waals surface area contributed by atoms with Crippen molar-refractivity contribution in [2.75, 3.05) is 0 Å². The standard InChI is InChI=1S/C6H6N3OSe/c7-6(11)9-8-4-5-2-1-3-10-5/h1-4H,(H2,7,9). The summed E-state index contributed by atoms with van der Waals surface area (Å²) in [6, 6.07) is 3.54. The van der Waals surface area contributed by atoms with Crippen molar-refractivity contribution in [1.82, 2.24) is 0 Å². The van der Waals surface area contributed by atoms with Gasteiger partial charge in [0.2, 0.25) is 0 Å². The van der Waals surface area contributed by atoms with Crippen LogP contribution in [-0.2, 0) is 0 Å². The van der Waals surface area contributed by atoms with Crippen molar-refractivity contribution in [3.63, 3.8) is 0 Å². The van der Waals surface area contributed by atoms with Gasteiger partial charge in [0.15, 0.2) is 0 Å². The fourth-order valence-corrected chi connectivity index (χ4v) is 0.606. The monoisotopic (exact) mass is 216 g/mol. The summed E-state index contributed by atoms with van der Waals surface area (Å²) in [6.45, 7) is 0. The third-order valence-electron chi connectivity index (χ3n) is 0.884. The number of furan rings is 1. The van der Waals surface area contributed by atoms with E-state index >= 15 is 0 Å². The molecule has 1 aromatic rings. The van der Waals surface area contributed by atoms with Gasteiger partial charge in [0.1, 0.15) is 0 Å². The average Bonchev–Trinajstić information content (AvgIpc) is 2.39. The van der Waals surface area contributed by atoms with Crippen molar-refractivity contribution in [1.29, 1.82) is 0 Å². The second kappa shape index (κ2) is 3.95. The predicted molar refractivity (Wildman–Crippen MR) is 43.7 cm³/mol. The van der Waals surface area contributed by atoms with E-state index in [0.29, 0.717) is 10.5 Å². The molecule has 0 saturated carbocycles. The fraction of sp³-hybridized carbons (Fsp3) is 0. The quantitative estimate of drug-likeness (QED) is 0.329. The molecule has 0 aliphatic heterocycles. The molecule has 1 heterocycles. The average molecular weight is 215 g/mol. The minimum absolute atomic E-state index is 0.299. The normalized spacial score (nSPS) is 12.5. The van der Waals surface area contributed by atoms with Crippen LogP contribution < -0.4 is 5.73 Å². The summed E-state index contributed by atoms with van der Waals surface area (Å²) >= 11 is 2.50. The summed E-state index contributed by atoms with van der Waals surface area (Å²) < 4.78 is 5.24. The molecule has 1 radical (unpaired) electrons. The first-order chi connectivity index (χ1) is 5.29. The maximum absolute atomic E-state index is 5.18. The summed E-state index contributed by atoms with van der Waals surface area (Å²) in [5, 5.41) is 7.17. The molecule has 11 heavy (non-hydrogen) atoms. The Balaban J connectivity index is 2.56. The maximum atomic E-state index is 5.18. The third-order valence-corrected chi connectivity index (χ3v) is 1.06. The van der Waals surface area contributed by atoms with Crippen molar-refractivity contribution in [2.45, 2.75) is 0 Å². The number of hydrogen-bond donors (Lipinski definition) is 1. The van der Waals surface area contributed by atoms with E-state index < -0.39 is 0 Å². The van der Waals surface area contributed by atoms with Gasteiger partial charge < -0.3 is 0 Å². The second-order valence-corrected chi connectivity index (χ2v) is 2.58. The first kappa shape index (κ1) is 8.04. The molecule has 0 bridgehead atoms. The first-order valence-electron chi connectivity index (χ1n) is 2.86. The van der Waals surface area contributed by atoms with E-state index in [2.05, 4.69) is 26.2 Å². The zero-order valence-corrected chi connectivity index (χ0v) is 7.31. The topological polar surface area (TPSA) is 63.9 Å². The van der Waals surface area contributed by atoms with Gasteiger partial charge in [-0.05, 0) is 0 Å². The van der Waals surface area contributed by atoms with Crippen molar-refractivity contribution >= 4 is 27.0 Å². The van der Waals surface area contributed by atoms with Crippen LogP contribution in [-0.4, -0.2) is 27.0 Å². The predicted octanol–water partition coefficient (Wildman–Crippen LogP) is 0.0967. The van der Waals surface area contributed by atoms with E-state index in [0.717, 1.165) is 0 Å². The molecule has 0 saturated heterocycles. The zero-order chi connectivity index (χ0) is 8.10. The number of amidine groups is 1. The van der Waals surface area contributed by atoms with Gasteiger partial charge in [0.05, 0.1) is 0 Å². The van der Waals surface area contributed by atoms with Gasteiger partial charge in [-0.1, -0.05) is 0 Å². The molecule has 1 rings (SSSR count). The Morgan fingerprint density at radius 3 is 3.09 bits per heavy atom. The van der Waals surface area contributed by atoms with Gasteiger partial charge in [-0.15, -0.1) is 0 Å². The Kier molecular flexibility index (Phi) is 2.89. The molecule has 0 aliphatic rings. The van der Waals surface area contributed by atoms with E-state index in [9.17, 15) is 0 Å². The third kappa shape index (κ3) is 3.02. The van der Waals surface area contributed by atoms with Gasteiger partial charge in [-0.2, -0.15) is 0 Å². The van der Waals surface area contributed by atoms with Crippen LogP contribution in [0.4, 0.5) is 0 Å². The van der Waals surface area contributed by atoms with E-state index in [1.807, 2.05) is 0 Å². The van der Waals surface area contributed by atoms with Crippen molar-refractivity contribution < 1.29 is 4.42 Å². The summed E-state index contributed by atoms with van der Waals surface area (Å²) in [5.74, 6) is 0.648. The number of rotatable bonds is 2. The molecule has 0 aromatic carbocycles. The molecule has 4 nitrogen and oxygen atoms in total. The van der Waals surface area contributed by atoms with Crippen LogP contribution in [0.5, 0.6) is 0 Å². The van der Waals surface area contributed by atoms with Crippen LogP contribution in [0, 0.1) is 0 Å². The molecule has 2 N–H and O–H groups in total. The van der Waals surface area contributed by atoms with E-state index in [-0.39, 0.29) is 0 Å². The van der Waals surface area contributed by atoms with Crippen molar-refractivity contribution in [3.8, 4) is 0 Å². The zero-order valence-electron chi connectivity index (χ0n) is 5.60. The molecule has 0 amide bonds. The first-order valence-corrected chi connectivity index (χ1v) is 3.71. The van der Waals surface area contributed by atoms with Gasteiger partial charge in [-0.25, -0.2) is 0 Å². The van der Waals surface area contributed by atoms with Gasteiger partial charge in [0.25, 0.3) is 0 Å². The van der Waals surface area contributed by atoms with Crippen LogP contribution in [0.2, 0.25) is 0 Å². The molecule has 0 atom stereocenters. The van der Waals surface area contributed by atoms with Crippen LogP contribution >= 0.6 is 0 Å². The molecule has 57 valence electrons. The van der Waals surface area contributed by atoms with E-state index in [4.69, 9.17) is 10.2 Å². The number of hydrogen-bond acceptors (Lipinski definition) is 3. The molecular weight excluding hydrogens is 209 g/mol. The SMILES string of the molecule is N/C([Se])=N/N=Cc1ccco1. The summed E-state index contributed by atoms with van der Waals surface area (Å²) in [6.07, 6.45) is 3.04. The molecule has 0 aliphatic carbocycles. The summed E-state index contributed by atoms with van der Waals surface area (Å²) in [5.41, 5.74) is 5.18. The molecular formula is C6H6N3OSe. The Bertz CT molecular complexity index is 261. The van der Waals surface area contributed by atoms with Gasteiger partial charge in [0, 0.05) is 0 Å². The Morgan fingerprint density at radius 2 is 2.55 bits per heavy atom. The summed E-state index contributed by atoms with van der Waals surface area (Å²) in [7, 11) is 0. The number of nitrogens with zero attached hydrogens (tertiary/aromatic N) is 2. The Hall–Kier alpha value is -1.06. The number of nitrogens with two attached hydrogens (primary N) is 1. The molecule has 1 aromatic heterocycles. The molecule has 5 heteroatoms. The minimum atomic E-state index is 0.299. The van der Waals surface area contributed by atoms with Crippen LogP contribution in [0.25, 0.3) is 0 Å². The van der Waals surface area contributed by atoms with Crippen LogP contribution in [0.15, 0.2) is 33.0 Å². The van der Waals surface area contributed by atoms with Crippen molar-refractivity contribution in [2.24, 2.45) is 15.9 Å². The molecule has 0 spiro atoms. The molecule has 0 unspecified atom stereocenters. The van der Waals surface area contributed by atoms with E-state index in [1.165, 1.54) is 6.21 Å². The Labute approximate surface area is 72.0 Å². The fourth-order valence-electron chi connectivity index (χ4n) is 0.507.